The predicted octanol–water partition coefficient (Wildman–Crippen LogP) is 2.34. The molecule has 1 aliphatic heterocycles. The summed E-state index contributed by atoms with van der Waals surface area (Å²) in [5.74, 6) is 0.283. The summed E-state index contributed by atoms with van der Waals surface area (Å²) >= 11 is 0. The summed E-state index contributed by atoms with van der Waals surface area (Å²) in [6.07, 6.45) is 2.95. The smallest absolute Gasteiger partial charge is 0.179 e. The number of carbonyl (C=O) groups is 1. The van der Waals surface area contributed by atoms with E-state index >= 15 is 0 Å². The predicted molar refractivity (Wildman–Crippen MR) is 52.1 cm³/mol. The Bertz CT molecular complexity index is 349. The maximum Gasteiger partial charge on any atom is 0.179 e. The number of carbonyl (C=O) groups excluding carboxylic acids is 1. The monoisotopic (exact) mass is 177 g/mol. The molecule has 1 aliphatic rings. The molecule has 0 bridgehead atoms. The first-order valence-electron chi connectivity index (χ1n) is 4.96. The molecule has 1 aromatic rings. The largest absolute Gasteiger partial charge is 0.342 e. The zero-order valence-electron chi connectivity index (χ0n) is 8.26. The first-order valence-corrected chi connectivity index (χ1v) is 4.96. The van der Waals surface area contributed by atoms with Crippen molar-refractivity contribution < 1.29 is 4.79 Å². The standard InChI is InChI=1S/C11H15NO/c1-3-10(13)11-8(2)7-9-5-4-6-12(9)11/h7H,3-6H2,1-2H3. The van der Waals surface area contributed by atoms with Crippen LogP contribution in [-0.2, 0) is 13.0 Å². The van der Waals surface area contributed by atoms with Crippen molar-refractivity contribution in [1.82, 2.24) is 4.57 Å². The van der Waals surface area contributed by atoms with Crippen molar-refractivity contribution in [2.45, 2.75) is 39.7 Å². The van der Waals surface area contributed by atoms with Gasteiger partial charge < -0.3 is 4.57 Å². The third-order valence-electron chi connectivity index (χ3n) is 2.77. The summed E-state index contributed by atoms with van der Waals surface area (Å²) in [5, 5.41) is 0. The molecule has 0 aromatic carbocycles. The van der Waals surface area contributed by atoms with Crippen molar-refractivity contribution in [3.8, 4) is 0 Å². The maximum atomic E-state index is 11.6. The van der Waals surface area contributed by atoms with Gasteiger partial charge in [0.1, 0.15) is 0 Å². The fourth-order valence-electron chi connectivity index (χ4n) is 2.17. The Kier molecular flexibility index (Phi) is 1.98. The van der Waals surface area contributed by atoms with E-state index < -0.39 is 0 Å². The second-order valence-corrected chi connectivity index (χ2v) is 3.70. The number of fused-ring (bicyclic) bond motifs is 1. The number of rotatable bonds is 2. The van der Waals surface area contributed by atoms with Crippen LogP contribution < -0.4 is 0 Å². The lowest BCUT2D eigenvalue weighted by molar-refractivity contribution is 0.0979. The second-order valence-electron chi connectivity index (χ2n) is 3.70. The van der Waals surface area contributed by atoms with Crippen LogP contribution in [0.5, 0.6) is 0 Å². The van der Waals surface area contributed by atoms with Crippen molar-refractivity contribution in [3.63, 3.8) is 0 Å². The van der Waals surface area contributed by atoms with Crippen LogP contribution in [0, 0.1) is 6.92 Å². The molecule has 0 atom stereocenters. The van der Waals surface area contributed by atoms with Crippen LogP contribution >= 0.6 is 0 Å². The number of hydrogen-bond acceptors (Lipinski definition) is 1. The molecule has 0 saturated heterocycles. The van der Waals surface area contributed by atoms with Gasteiger partial charge in [-0.3, -0.25) is 4.79 Å². The third kappa shape index (κ3) is 1.21. The molecule has 0 fully saturated rings. The topological polar surface area (TPSA) is 22.0 Å². The Morgan fingerprint density at radius 1 is 1.62 bits per heavy atom. The highest BCUT2D eigenvalue weighted by Crippen LogP contribution is 2.23. The van der Waals surface area contributed by atoms with E-state index in [4.69, 9.17) is 0 Å². The summed E-state index contributed by atoms with van der Waals surface area (Å²) in [7, 11) is 0. The highest BCUT2D eigenvalue weighted by atomic mass is 16.1. The van der Waals surface area contributed by atoms with Crippen LogP contribution in [0.15, 0.2) is 6.07 Å². The van der Waals surface area contributed by atoms with Gasteiger partial charge in [-0.1, -0.05) is 6.92 Å². The molecule has 0 N–H and O–H groups in total. The summed E-state index contributed by atoms with van der Waals surface area (Å²) in [6.45, 7) is 5.00. The highest BCUT2D eigenvalue weighted by molar-refractivity contribution is 5.96. The van der Waals surface area contributed by atoms with Crippen LogP contribution in [0.3, 0.4) is 0 Å². The van der Waals surface area contributed by atoms with Gasteiger partial charge in [0.25, 0.3) is 0 Å². The van der Waals surface area contributed by atoms with E-state index in [2.05, 4.69) is 10.6 Å². The van der Waals surface area contributed by atoms with Crippen molar-refractivity contribution in [2.75, 3.05) is 0 Å². The first kappa shape index (κ1) is 8.54. The van der Waals surface area contributed by atoms with E-state index in [1.54, 1.807) is 0 Å². The van der Waals surface area contributed by atoms with Crippen molar-refractivity contribution >= 4 is 5.78 Å². The number of ketones is 1. The SMILES string of the molecule is CCC(=O)c1c(C)cc2n1CCC2. The van der Waals surface area contributed by atoms with Gasteiger partial charge in [0.05, 0.1) is 5.69 Å². The Morgan fingerprint density at radius 2 is 2.38 bits per heavy atom. The summed E-state index contributed by atoms with van der Waals surface area (Å²) in [6, 6.07) is 2.16. The normalized spacial score (nSPS) is 14.6. The lowest BCUT2D eigenvalue weighted by Crippen LogP contribution is -2.07. The number of nitrogens with zero attached hydrogens (tertiary/aromatic N) is 1. The molecule has 0 spiro atoms. The Labute approximate surface area is 78.6 Å². The molecule has 13 heavy (non-hydrogen) atoms. The van der Waals surface area contributed by atoms with Crippen molar-refractivity contribution in [1.29, 1.82) is 0 Å². The molecule has 0 amide bonds. The number of Topliss-reactive ketones (excluding diaryl/α,β-unsaturated/α-hetero) is 1. The molecule has 2 heteroatoms. The quantitative estimate of drug-likeness (QED) is 0.635. The Hall–Kier alpha value is -1.05. The highest BCUT2D eigenvalue weighted by Gasteiger charge is 2.20. The van der Waals surface area contributed by atoms with Gasteiger partial charge in [-0.15, -0.1) is 0 Å². The minimum atomic E-state index is 0.283. The van der Waals surface area contributed by atoms with Gasteiger partial charge >= 0.3 is 0 Å². The number of hydrogen-bond donors (Lipinski definition) is 0. The van der Waals surface area contributed by atoms with Gasteiger partial charge in [-0.2, -0.15) is 0 Å². The van der Waals surface area contributed by atoms with Crippen LogP contribution in [-0.4, -0.2) is 10.4 Å². The van der Waals surface area contributed by atoms with Crippen LogP contribution in [0.25, 0.3) is 0 Å². The zero-order valence-corrected chi connectivity index (χ0v) is 8.26. The molecule has 1 aromatic heterocycles. The molecule has 70 valence electrons. The van der Waals surface area contributed by atoms with E-state index in [9.17, 15) is 4.79 Å². The molecule has 0 radical (unpaired) electrons. The minimum Gasteiger partial charge on any atom is -0.342 e. The first-order chi connectivity index (χ1) is 6.24. The molecular weight excluding hydrogens is 162 g/mol. The van der Waals surface area contributed by atoms with Gasteiger partial charge in [0.2, 0.25) is 0 Å². The van der Waals surface area contributed by atoms with Crippen LogP contribution in [0.1, 0.15) is 41.5 Å². The van der Waals surface area contributed by atoms with E-state index in [1.807, 2.05) is 13.8 Å². The third-order valence-corrected chi connectivity index (χ3v) is 2.77. The molecule has 0 unspecified atom stereocenters. The summed E-state index contributed by atoms with van der Waals surface area (Å²) in [5.41, 5.74) is 3.45. The Morgan fingerprint density at radius 3 is 3.08 bits per heavy atom. The van der Waals surface area contributed by atoms with E-state index in [0.29, 0.717) is 6.42 Å². The van der Waals surface area contributed by atoms with Gasteiger partial charge in [0.15, 0.2) is 5.78 Å². The zero-order chi connectivity index (χ0) is 9.42. The molecule has 2 rings (SSSR count). The van der Waals surface area contributed by atoms with E-state index in [1.165, 1.54) is 12.1 Å². The van der Waals surface area contributed by atoms with Gasteiger partial charge in [-0.05, 0) is 31.4 Å². The van der Waals surface area contributed by atoms with E-state index in [0.717, 1.165) is 24.2 Å². The van der Waals surface area contributed by atoms with Crippen molar-refractivity contribution in [3.05, 3.63) is 23.0 Å². The fourth-order valence-corrected chi connectivity index (χ4v) is 2.17. The van der Waals surface area contributed by atoms with Crippen LogP contribution in [0.4, 0.5) is 0 Å². The van der Waals surface area contributed by atoms with Crippen molar-refractivity contribution in [2.24, 2.45) is 0 Å². The van der Waals surface area contributed by atoms with E-state index in [-0.39, 0.29) is 5.78 Å². The molecule has 0 aliphatic carbocycles. The molecule has 0 saturated carbocycles. The Balaban J connectivity index is 2.50. The number of aryl methyl sites for hydroxylation is 2. The average Bonchev–Trinajstić information content (AvgIpc) is 2.62. The lowest BCUT2D eigenvalue weighted by atomic mass is 10.1. The summed E-state index contributed by atoms with van der Waals surface area (Å²) in [4.78, 5) is 11.6. The second kappa shape index (κ2) is 3.02. The van der Waals surface area contributed by atoms with Gasteiger partial charge in [0, 0.05) is 18.7 Å². The maximum absolute atomic E-state index is 11.6. The molecule has 2 heterocycles. The minimum absolute atomic E-state index is 0.283. The molecular formula is C11H15NO. The van der Waals surface area contributed by atoms with Gasteiger partial charge in [-0.25, -0.2) is 0 Å². The average molecular weight is 177 g/mol. The van der Waals surface area contributed by atoms with Crippen LogP contribution in [0.2, 0.25) is 0 Å². The number of aromatic nitrogens is 1. The summed E-state index contributed by atoms with van der Waals surface area (Å²) < 4.78 is 2.20. The molecule has 2 nitrogen and oxygen atoms in total. The lowest BCUT2D eigenvalue weighted by Gasteiger charge is -2.04. The fraction of sp³-hybridized carbons (Fsp3) is 0.545.